The molecule has 1 aromatic rings. The third-order valence-electron chi connectivity index (χ3n) is 7.02. The summed E-state index contributed by atoms with van der Waals surface area (Å²) >= 11 is 2.21. The SMILES string of the molecule is CNC1COCC(N2CCC3C2CCN3SC2CCCC2)C1.Fc1ccc(F)cc1. The number of likely N-dealkylation sites (N-methyl/N-ethyl adjacent to an activating group) is 1. The summed E-state index contributed by atoms with van der Waals surface area (Å²) in [7, 11) is 2.07. The molecule has 5 rings (SSSR count). The van der Waals surface area contributed by atoms with Crippen LogP contribution in [0.2, 0.25) is 0 Å². The predicted molar refractivity (Wildman–Crippen MR) is 118 cm³/mol. The maximum Gasteiger partial charge on any atom is 0.123 e. The first-order valence-electron chi connectivity index (χ1n) is 11.5. The Morgan fingerprint density at radius 2 is 1.60 bits per heavy atom. The number of nitrogens with one attached hydrogen (secondary N) is 1. The number of halogens is 2. The Morgan fingerprint density at radius 3 is 2.27 bits per heavy atom. The maximum atomic E-state index is 11.9. The quantitative estimate of drug-likeness (QED) is 0.714. The smallest absolute Gasteiger partial charge is 0.123 e. The number of rotatable bonds is 4. The van der Waals surface area contributed by atoms with Crippen LogP contribution < -0.4 is 5.32 Å². The molecule has 0 spiro atoms. The Balaban J connectivity index is 0.000000230. The van der Waals surface area contributed by atoms with Gasteiger partial charge in [-0.05, 0) is 63.4 Å². The molecule has 0 radical (unpaired) electrons. The second kappa shape index (κ2) is 10.7. The van der Waals surface area contributed by atoms with Gasteiger partial charge in [0.25, 0.3) is 0 Å². The van der Waals surface area contributed by atoms with Crippen LogP contribution in [0.5, 0.6) is 0 Å². The van der Waals surface area contributed by atoms with Crippen LogP contribution in [-0.2, 0) is 4.74 Å². The fourth-order valence-corrected chi connectivity index (χ4v) is 6.96. The first-order valence-corrected chi connectivity index (χ1v) is 12.3. The maximum absolute atomic E-state index is 11.9. The van der Waals surface area contributed by atoms with Crippen molar-refractivity contribution in [3.05, 3.63) is 35.9 Å². The third kappa shape index (κ3) is 5.54. The summed E-state index contributed by atoms with van der Waals surface area (Å²) in [6.45, 7) is 4.41. The van der Waals surface area contributed by atoms with Gasteiger partial charge >= 0.3 is 0 Å². The summed E-state index contributed by atoms with van der Waals surface area (Å²) < 4.78 is 32.5. The molecule has 3 aliphatic heterocycles. The van der Waals surface area contributed by atoms with Gasteiger partial charge in [0, 0.05) is 42.5 Å². The molecular weight excluding hydrogens is 404 g/mol. The van der Waals surface area contributed by atoms with Crippen molar-refractivity contribution in [3.63, 3.8) is 0 Å². The molecule has 1 aromatic carbocycles. The molecule has 168 valence electrons. The van der Waals surface area contributed by atoms with Gasteiger partial charge in [-0.2, -0.15) is 0 Å². The van der Waals surface area contributed by atoms with E-state index in [2.05, 4.69) is 33.5 Å². The molecule has 4 atom stereocenters. The number of fused-ring (bicyclic) bond motifs is 1. The Bertz CT molecular complexity index is 637. The van der Waals surface area contributed by atoms with Gasteiger partial charge in [0.15, 0.2) is 0 Å². The van der Waals surface area contributed by atoms with Crippen LogP contribution in [0.25, 0.3) is 0 Å². The normalized spacial score (nSPS) is 32.8. The average molecular weight is 440 g/mol. The second-order valence-corrected chi connectivity index (χ2v) is 10.3. The van der Waals surface area contributed by atoms with Crippen molar-refractivity contribution in [1.29, 1.82) is 0 Å². The molecule has 4 fully saturated rings. The van der Waals surface area contributed by atoms with Crippen molar-refractivity contribution < 1.29 is 13.5 Å². The van der Waals surface area contributed by atoms with Crippen molar-refractivity contribution >= 4 is 11.9 Å². The van der Waals surface area contributed by atoms with Gasteiger partial charge in [-0.15, -0.1) is 0 Å². The molecular formula is C23H35F2N3OS. The molecule has 7 heteroatoms. The van der Waals surface area contributed by atoms with E-state index in [-0.39, 0.29) is 0 Å². The summed E-state index contributed by atoms with van der Waals surface area (Å²) in [5.74, 6) is -0.821. The molecule has 4 aliphatic rings. The Hall–Kier alpha value is -0.730. The lowest BCUT2D eigenvalue weighted by atomic mass is 10.0. The van der Waals surface area contributed by atoms with Gasteiger partial charge in [-0.1, -0.05) is 24.8 Å². The molecule has 3 heterocycles. The second-order valence-electron chi connectivity index (χ2n) is 8.95. The van der Waals surface area contributed by atoms with E-state index in [4.69, 9.17) is 4.74 Å². The number of hydrogen-bond donors (Lipinski definition) is 1. The monoisotopic (exact) mass is 439 g/mol. The molecule has 1 N–H and O–H groups in total. The van der Waals surface area contributed by atoms with Crippen molar-refractivity contribution in [2.24, 2.45) is 0 Å². The highest BCUT2D eigenvalue weighted by molar-refractivity contribution is 7.97. The zero-order valence-electron chi connectivity index (χ0n) is 17.9. The van der Waals surface area contributed by atoms with E-state index < -0.39 is 11.6 Å². The molecule has 0 aromatic heterocycles. The van der Waals surface area contributed by atoms with Crippen LogP contribution in [-0.4, -0.2) is 72.0 Å². The van der Waals surface area contributed by atoms with E-state index in [0.29, 0.717) is 12.1 Å². The highest BCUT2D eigenvalue weighted by Gasteiger charge is 2.46. The molecule has 1 aliphatic carbocycles. The minimum atomic E-state index is -0.411. The molecule has 0 amide bonds. The van der Waals surface area contributed by atoms with Crippen molar-refractivity contribution in [2.75, 3.05) is 33.4 Å². The zero-order valence-corrected chi connectivity index (χ0v) is 18.8. The lowest BCUT2D eigenvalue weighted by molar-refractivity contribution is -0.00370. The van der Waals surface area contributed by atoms with Crippen LogP contribution >= 0.6 is 11.9 Å². The van der Waals surface area contributed by atoms with Crippen LogP contribution in [0, 0.1) is 11.6 Å². The molecule has 4 unspecified atom stereocenters. The van der Waals surface area contributed by atoms with E-state index in [0.717, 1.165) is 54.8 Å². The van der Waals surface area contributed by atoms with E-state index in [1.807, 2.05) is 0 Å². The fraction of sp³-hybridized carbons (Fsp3) is 0.739. The Labute approximate surface area is 183 Å². The van der Waals surface area contributed by atoms with Crippen molar-refractivity contribution in [2.45, 2.75) is 74.4 Å². The summed E-state index contributed by atoms with van der Waals surface area (Å²) in [5, 5.41) is 4.32. The number of benzene rings is 1. The topological polar surface area (TPSA) is 27.7 Å². The molecule has 0 bridgehead atoms. The number of nitrogens with zero attached hydrogens (tertiary/aromatic N) is 2. The number of hydrogen-bond acceptors (Lipinski definition) is 5. The van der Waals surface area contributed by atoms with Crippen LogP contribution in [0.4, 0.5) is 8.78 Å². The van der Waals surface area contributed by atoms with Gasteiger partial charge in [0.05, 0.1) is 13.2 Å². The third-order valence-corrected chi connectivity index (χ3v) is 8.52. The summed E-state index contributed by atoms with van der Waals surface area (Å²) in [5.41, 5.74) is 0. The van der Waals surface area contributed by atoms with Crippen molar-refractivity contribution in [3.8, 4) is 0 Å². The molecule has 30 heavy (non-hydrogen) atoms. The number of ether oxygens (including phenoxy) is 1. The Kier molecular flexibility index (Phi) is 8.03. The van der Waals surface area contributed by atoms with Gasteiger partial charge in [-0.3, -0.25) is 4.90 Å². The van der Waals surface area contributed by atoms with E-state index in [1.165, 1.54) is 58.0 Å². The lowest BCUT2D eigenvalue weighted by Gasteiger charge is -2.38. The van der Waals surface area contributed by atoms with Gasteiger partial charge < -0.3 is 10.1 Å². The average Bonchev–Trinajstić information content (AvgIpc) is 3.50. The van der Waals surface area contributed by atoms with Crippen molar-refractivity contribution in [1.82, 2.24) is 14.5 Å². The van der Waals surface area contributed by atoms with Gasteiger partial charge in [0.1, 0.15) is 11.6 Å². The standard InChI is InChI=1S/C17H31N3OS.C6H4F2/c1-18-13-10-14(12-21-11-13)19-8-6-17-16(19)7-9-20(17)22-15-4-2-3-5-15;7-5-1-2-6(8)4-3-5/h13-18H,2-12H2,1H3;1-4H. The molecule has 1 saturated carbocycles. The first-order chi connectivity index (χ1) is 14.6. The Morgan fingerprint density at radius 1 is 0.933 bits per heavy atom. The minimum absolute atomic E-state index is 0.411. The largest absolute Gasteiger partial charge is 0.378 e. The fourth-order valence-electron chi connectivity index (χ4n) is 5.42. The molecule has 4 nitrogen and oxygen atoms in total. The zero-order chi connectivity index (χ0) is 20.9. The lowest BCUT2D eigenvalue weighted by Crippen LogP contribution is -2.51. The molecule has 3 saturated heterocycles. The van der Waals surface area contributed by atoms with E-state index in [1.54, 1.807) is 0 Å². The van der Waals surface area contributed by atoms with Crippen LogP contribution in [0.1, 0.15) is 44.9 Å². The highest BCUT2D eigenvalue weighted by atomic mass is 32.2. The minimum Gasteiger partial charge on any atom is -0.378 e. The summed E-state index contributed by atoms with van der Waals surface area (Å²) in [6, 6.07) is 7.09. The number of likely N-dealkylation sites (tertiary alicyclic amines) is 1. The predicted octanol–water partition coefficient (Wildman–Crippen LogP) is 4.07. The van der Waals surface area contributed by atoms with Gasteiger partial charge in [0.2, 0.25) is 0 Å². The summed E-state index contributed by atoms with van der Waals surface area (Å²) in [6.07, 6.45) is 9.80. The summed E-state index contributed by atoms with van der Waals surface area (Å²) in [4.78, 5) is 2.80. The van der Waals surface area contributed by atoms with Crippen LogP contribution in [0.15, 0.2) is 24.3 Å². The highest BCUT2D eigenvalue weighted by Crippen LogP contribution is 2.41. The van der Waals surface area contributed by atoms with E-state index in [9.17, 15) is 8.78 Å². The van der Waals surface area contributed by atoms with Gasteiger partial charge in [-0.25, -0.2) is 13.1 Å². The van der Waals surface area contributed by atoms with Crippen LogP contribution in [0.3, 0.4) is 0 Å². The first kappa shape index (κ1) is 22.5. The van der Waals surface area contributed by atoms with E-state index >= 15 is 0 Å².